The first-order chi connectivity index (χ1) is 12.1. The molecule has 1 aromatic carbocycles. The van der Waals surface area contributed by atoms with Gasteiger partial charge in [-0.25, -0.2) is 4.99 Å². The maximum atomic E-state index is 12.2. The molecule has 0 aliphatic carbocycles. The van der Waals surface area contributed by atoms with Gasteiger partial charge in [0.2, 0.25) is 0 Å². The molecule has 1 rings (SSSR count). The molecule has 146 valence electrons. The van der Waals surface area contributed by atoms with Crippen LogP contribution in [0.3, 0.4) is 0 Å². The van der Waals surface area contributed by atoms with Crippen LogP contribution in [0.2, 0.25) is 0 Å². The molecule has 0 radical (unpaired) electrons. The van der Waals surface area contributed by atoms with Crippen LogP contribution in [0.5, 0.6) is 5.75 Å². The Balaban J connectivity index is 2.70. The second kappa shape index (κ2) is 9.94. The molecule has 0 fully saturated rings. The molecule has 0 bridgehead atoms. The van der Waals surface area contributed by atoms with Crippen LogP contribution in [0.1, 0.15) is 33.3 Å². The Hall–Kier alpha value is -2.38. The zero-order valence-corrected chi connectivity index (χ0v) is 15.9. The number of esters is 1. The largest absolute Gasteiger partial charge is 0.459 e. The highest BCUT2D eigenvalue weighted by molar-refractivity contribution is 5.83. The van der Waals surface area contributed by atoms with Crippen molar-refractivity contribution >= 4 is 11.9 Å². The Morgan fingerprint density at radius 3 is 2.38 bits per heavy atom. The smallest absolute Gasteiger partial charge is 0.387 e. The van der Waals surface area contributed by atoms with Gasteiger partial charge in [-0.1, -0.05) is 12.1 Å². The van der Waals surface area contributed by atoms with E-state index in [1.807, 2.05) is 18.9 Å². The van der Waals surface area contributed by atoms with Crippen LogP contribution < -0.4 is 10.1 Å². The van der Waals surface area contributed by atoms with Gasteiger partial charge in [0.15, 0.2) is 5.96 Å². The average molecular weight is 371 g/mol. The van der Waals surface area contributed by atoms with Gasteiger partial charge < -0.3 is 19.7 Å². The number of carbonyl (C=O) groups is 1. The molecular weight excluding hydrogens is 344 g/mol. The molecule has 0 aliphatic rings. The number of nitrogens with zero attached hydrogens (tertiary/aromatic N) is 2. The molecule has 1 N–H and O–H groups in total. The van der Waals surface area contributed by atoms with Gasteiger partial charge in [-0.05, 0) is 45.4 Å². The molecule has 0 atom stereocenters. The fourth-order valence-electron chi connectivity index (χ4n) is 2.11. The van der Waals surface area contributed by atoms with Gasteiger partial charge in [-0.15, -0.1) is 0 Å². The van der Waals surface area contributed by atoms with Crippen molar-refractivity contribution in [3.8, 4) is 5.75 Å². The van der Waals surface area contributed by atoms with Crippen LogP contribution in [-0.4, -0.2) is 49.2 Å². The Kier molecular flexibility index (Phi) is 8.28. The first kappa shape index (κ1) is 21.7. The minimum atomic E-state index is -2.84. The number of aliphatic imine (C=N–C) groups is 1. The molecule has 1 aromatic rings. The Bertz CT molecular complexity index is 599. The number of ether oxygens (including phenoxy) is 2. The second-order valence-electron chi connectivity index (χ2n) is 6.64. The number of hydrogen-bond acceptors (Lipinski definition) is 4. The molecule has 0 spiro atoms. The molecule has 0 heterocycles. The van der Waals surface area contributed by atoms with Crippen molar-refractivity contribution in [1.29, 1.82) is 0 Å². The third-order valence-electron chi connectivity index (χ3n) is 3.04. The highest BCUT2D eigenvalue weighted by atomic mass is 19.3. The lowest BCUT2D eigenvalue weighted by Gasteiger charge is -2.23. The zero-order valence-electron chi connectivity index (χ0n) is 15.9. The highest BCUT2D eigenvalue weighted by Gasteiger charge is 2.16. The van der Waals surface area contributed by atoms with Crippen molar-refractivity contribution in [2.75, 3.05) is 20.1 Å². The molecule has 0 saturated heterocycles. The fraction of sp³-hybridized carbons (Fsp3) is 0.556. The lowest BCUT2D eigenvalue weighted by Crippen LogP contribution is -2.39. The molecule has 0 amide bonds. The third-order valence-corrected chi connectivity index (χ3v) is 3.04. The minimum absolute atomic E-state index is 0.0922. The predicted octanol–water partition coefficient (Wildman–Crippen LogP) is 3.03. The maximum Gasteiger partial charge on any atom is 0.387 e. The topological polar surface area (TPSA) is 63.2 Å². The monoisotopic (exact) mass is 371 g/mol. The Morgan fingerprint density at radius 1 is 1.27 bits per heavy atom. The van der Waals surface area contributed by atoms with E-state index in [0.29, 0.717) is 19.0 Å². The van der Waals surface area contributed by atoms with Crippen LogP contribution in [0.15, 0.2) is 29.3 Å². The standard InChI is InChI=1S/C18H27F2N3O3/c1-6-21-17(22-11-15(24)26-18(2,3)4)23(5)12-13-7-9-14(10-8-13)25-16(19)20/h7-10,16H,6,11-12H2,1-5H3,(H,21,22). The summed E-state index contributed by atoms with van der Waals surface area (Å²) in [4.78, 5) is 17.9. The van der Waals surface area contributed by atoms with Gasteiger partial charge in [0.05, 0.1) is 0 Å². The van der Waals surface area contributed by atoms with E-state index in [-0.39, 0.29) is 12.3 Å². The summed E-state index contributed by atoms with van der Waals surface area (Å²) < 4.78 is 33.9. The molecule has 6 nitrogen and oxygen atoms in total. The van der Waals surface area contributed by atoms with E-state index in [2.05, 4.69) is 15.0 Å². The Labute approximate surface area is 153 Å². The van der Waals surface area contributed by atoms with Gasteiger partial charge in [-0.2, -0.15) is 8.78 Å². The van der Waals surface area contributed by atoms with Crippen molar-refractivity contribution in [1.82, 2.24) is 10.2 Å². The summed E-state index contributed by atoms with van der Waals surface area (Å²) in [6.07, 6.45) is 0. The number of nitrogens with one attached hydrogen (secondary N) is 1. The normalized spacial score (nSPS) is 12.1. The van der Waals surface area contributed by atoms with E-state index < -0.39 is 18.2 Å². The van der Waals surface area contributed by atoms with Gasteiger partial charge in [0.1, 0.15) is 17.9 Å². The van der Waals surface area contributed by atoms with E-state index in [9.17, 15) is 13.6 Å². The van der Waals surface area contributed by atoms with E-state index >= 15 is 0 Å². The molecule has 0 unspecified atom stereocenters. The zero-order chi connectivity index (χ0) is 19.7. The number of benzene rings is 1. The van der Waals surface area contributed by atoms with Crippen molar-refractivity contribution < 1.29 is 23.0 Å². The van der Waals surface area contributed by atoms with Crippen LogP contribution in [-0.2, 0) is 16.1 Å². The lowest BCUT2D eigenvalue weighted by atomic mass is 10.2. The van der Waals surface area contributed by atoms with Gasteiger partial charge >= 0.3 is 12.6 Å². The molecule has 0 aromatic heterocycles. The number of hydrogen-bond donors (Lipinski definition) is 1. The number of rotatable bonds is 7. The summed E-state index contributed by atoms with van der Waals surface area (Å²) in [5.41, 5.74) is 0.329. The van der Waals surface area contributed by atoms with E-state index in [0.717, 1.165) is 5.56 Å². The highest BCUT2D eigenvalue weighted by Crippen LogP contribution is 2.15. The molecule has 0 saturated carbocycles. The number of guanidine groups is 1. The molecule has 0 aliphatic heterocycles. The summed E-state index contributed by atoms with van der Waals surface area (Å²) >= 11 is 0. The van der Waals surface area contributed by atoms with E-state index in [4.69, 9.17) is 4.74 Å². The quantitative estimate of drug-likeness (QED) is 0.453. The van der Waals surface area contributed by atoms with Gasteiger partial charge in [0, 0.05) is 20.1 Å². The summed E-state index contributed by atoms with van der Waals surface area (Å²) in [5.74, 6) is 0.248. The molecular formula is C18H27F2N3O3. The lowest BCUT2D eigenvalue weighted by molar-refractivity contribution is -0.152. The second-order valence-corrected chi connectivity index (χ2v) is 6.64. The summed E-state index contributed by atoms with van der Waals surface area (Å²) in [5, 5.41) is 3.10. The number of carbonyl (C=O) groups excluding carboxylic acids is 1. The van der Waals surface area contributed by atoms with Crippen LogP contribution in [0, 0.1) is 0 Å². The van der Waals surface area contributed by atoms with Crippen LogP contribution in [0.4, 0.5) is 8.78 Å². The summed E-state index contributed by atoms with van der Waals surface area (Å²) in [6, 6.07) is 6.37. The fourth-order valence-corrected chi connectivity index (χ4v) is 2.11. The molecule has 8 heteroatoms. The maximum absolute atomic E-state index is 12.2. The van der Waals surface area contributed by atoms with Crippen molar-refractivity contribution in [2.45, 2.75) is 46.5 Å². The van der Waals surface area contributed by atoms with Crippen LogP contribution >= 0.6 is 0 Å². The van der Waals surface area contributed by atoms with Crippen molar-refractivity contribution in [3.05, 3.63) is 29.8 Å². The van der Waals surface area contributed by atoms with Crippen LogP contribution in [0.25, 0.3) is 0 Å². The average Bonchev–Trinajstić information content (AvgIpc) is 2.51. The van der Waals surface area contributed by atoms with Gasteiger partial charge in [0.25, 0.3) is 0 Å². The van der Waals surface area contributed by atoms with E-state index in [1.54, 1.807) is 32.9 Å². The van der Waals surface area contributed by atoms with Gasteiger partial charge in [-0.3, -0.25) is 4.79 Å². The first-order valence-electron chi connectivity index (χ1n) is 8.35. The number of halogens is 2. The predicted molar refractivity (Wildman–Crippen MR) is 96.4 cm³/mol. The van der Waals surface area contributed by atoms with Crippen molar-refractivity contribution in [2.24, 2.45) is 4.99 Å². The SMILES string of the molecule is CCNC(=NCC(=O)OC(C)(C)C)N(C)Cc1ccc(OC(F)F)cc1. The van der Waals surface area contributed by atoms with Crippen molar-refractivity contribution in [3.63, 3.8) is 0 Å². The summed E-state index contributed by atoms with van der Waals surface area (Å²) in [6.45, 7) is 5.50. The molecule has 26 heavy (non-hydrogen) atoms. The van der Waals surface area contributed by atoms with E-state index in [1.165, 1.54) is 12.1 Å². The minimum Gasteiger partial charge on any atom is -0.459 e. The first-order valence-corrected chi connectivity index (χ1v) is 8.35. The third kappa shape index (κ3) is 8.64. The Morgan fingerprint density at radius 2 is 1.88 bits per heavy atom. The number of alkyl halides is 2. The summed E-state index contributed by atoms with van der Waals surface area (Å²) in [7, 11) is 1.82.